The molecule has 0 bridgehead atoms. The van der Waals surface area contributed by atoms with Crippen LogP contribution in [0, 0.1) is 5.92 Å². The average molecular weight is 349 g/mol. The van der Waals surface area contributed by atoms with Gasteiger partial charge in [0.25, 0.3) is 0 Å². The second-order valence-electron chi connectivity index (χ2n) is 4.24. The number of hydrogen-bond donors (Lipinski definition) is 1. The third kappa shape index (κ3) is 2.72. The predicted octanol–water partition coefficient (Wildman–Crippen LogP) is 4.43. The lowest BCUT2D eigenvalue weighted by atomic mass is 10.2. The summed E-state index contributed by atoms with van der Waals surface area (Å²) in [6, 6.07) is 4.57. The Morgan fingerprint density at radius 3 is 2.56 bits per heavy atom. The van der Waals surface area contributed by atoms with E-state index in [-0.39, 0.29) is 0 Å². The maximum absolute atomic E-state index is 5.29. The molecule has 16 heavy (non-hydrogen) atoms. The number of benzene rings is 1. The largest absolute Gasteiger partial charge is 0.495 e. The van der Waals surface area contributed by atoms with Crippen molar-refractivity contribution in [3.8, 4) is 5.75 Å². The Kier molecular flexibility index (Phi) is 3.80. The number of halogens is 2. The van der Waals surface area contributed by atoms with E-state index in [1.165, 1.54) is 12.8 Å². The van der Waals surface area contributed by atoms with Gasteiger partial charge in [-0.2, -0.15) is 0 Å². The summed E-state index contributed by atoms with van der Waals surface area (Å²) in [4.78, 5) is 0. The van der Waals surface area contributed by atoms with Gasteiger partial charge in [-0.15, -0.1) is 0 Å². The molecule has 0 aromatic heterocycles. The maximum Gasteiger partial charge on any atom is 0.135 e. The Morgan fingerprint density at radius 1 is 1.31 bits per heavy atom. The molecule has 0 saturated heterocycles. The molecule has 1 atom stereocenters. The summed E-state index contributed by atoms with van der Waals surface area (Å²) in [5.74, 6) is 1.69. The molecule has 1 aliphatic carbocycles. The van der Waals surface area contributed by atoms with E-state index in [2.05, 4.69) is 44.1 Å². The number of hydrogen-bond acceptors (Lipinski definition) is 2. The SMILES string of the molecule is COc1cc(NC(C)C2CC2)c(Br)cc1Br. The first-order valence-corrected chi connectivity index (χ1v) is 7.00. The van der Waals surface area contributed by atoms with Gasteiger partial charge in [-0.3, -0.25) is 0 Å². The Balaban J connectivity index is 2.18. The summed E-state index contributed by atoms with van der Waals surface area (Å²) in [6.07, 6.45) is 2.69. The Hall–Kier alpha value is -0.220. The number of anilines is 1. The molecule has 1 fully saturated rings. The molecule has 1 saturated carbocycles. The van der Waals surface area contributed by atoms with E-state index in [0.29, 0.717) is 6.04 Å². The zero-order valence-electron chi connectivity index (χ0n) is 9.39. The molecule has 0 aliphatic heterocycles. The Labute approximate surface area is 113 Å². The fourth-order valence-electron chi connectivity index (χ4n) is 1.76. The summed E-state index contributed by atoms with van der Waals surface area (Å²) < 4.78 is 7.32. The average Bonchev–Trinajstić information content (AvgIpc) is 3.05. The minimum atomic E-state index is 0.530. The van der Waals surface area contributed by atoms with Crippen LogP contribution in [0.1, 0.15) is 19.8 Å². The van der Waals surface area contributed by atoms with Crippen LogP contribution in [-0.2, 0) is 0 Å². The fourth-order valence-corrected chi connectivity index (χ4v) is 3.03. The molecule has 2 nitrogen and oxygen atoms in total. The van der Waals surface area contributed by atoms with Gasteiger partial charge in [0.05, 0.1) is 17.3 Å². The van der Waals surface area contributed by atoms with E-state index in [0.717, 1.165) is 26.3 Å². The van der Waals surface area contributed by atoms with Crippen molar-refractivity contribution in [2.45, 2.75) is 25.8 Å². The van der Waals surface area contributed by atoms with Gasteiger partial charge in [0.1, 0.15) is 5.75 Å². The number of rotatable bonds is 4. The van der Waals surface area contributed by atoms with Crippen molar-refractivity contribution in [1.82, 2.24) is 0 Å². The third-order valence-corrected chi connectivity index (χ3v) is 4.23. The van der Waals surface area contributed by atoms with Crippen LogP contribution in [0.5, 0.6) is 5.75 Å². The quantitative estimate of drug-likeness (QED) is 0.868. The molecule has 1 aliphatic rings. The lowest BCUT2D eigenvalue weighted by Crippen LogP contribution is -2.17. The normalized spacial score (nSPS) is 17.0. The summed E-state index contributed by atoms with van der Waals surface area (Å²) in [7, 11) is 1.68. The molecule has 2 rings (SSSR count). The van der Waals surface area contributed by atoms with Crippen LogP contribution in [0.25, 0.3) is 0 Å². The highest BCUT2D eigenvalue weighted by Crippen LogP contribution is 2.38. The van der Waals surface area contributed by atoms with Gasteiger partial charge in [-0.05, 0) is 63.6 Å². The third-order valence-electron chi connectivity index (χ3n) is 2.95. The van der Waals surface area contributed by atoms with Crippen LogP contribution >= 0.6 is 31.9 Å². The van der Waals surface area contributed by atoms with Gasteiger partial charge < -0.3 is 10.1 Å². The molecular formula is C12H15Br2NO. The lowest BCUT2D eigenvalue weighted by molar-refractivity contribution is 0.412. The molecular weight excluding hydrogens is 334 g/mol. The summed E-state index contributed by atoms with van der Waals surface area (Å²) in [5, 5.41) is 3.53. The molecule has 4 heteroatoms. The standard InChI is InChI=1S/C12H15Br2NO/c1-7(8-3-4-8)15-11-6-12(16-2)10(14)5-9(11)13/h5-8,15H,3-4H2,1-2H3. The van der Waals surface area contributed by atoms with Crippen LogP contribution in [0.2, 0.25) is 0 Å². The van der Waals surface area contributed by atoms with E-state index >= 15 is 0 Å². The minimum Gasteiger partial charge on any atom is -0.495 e. The summed E-state index contributed by atoms with van der Waals surface area (Å²) in [5.41, 5.74) is 1.10. The van der Waals surface area contributed by atoms with Crippen LogP contribution in [0.3, 0.4) is 0 Å². The highest BCUT2D eigenvalue weighted by molar-refractivity contribution is 9.11. The van der Waals surface area contributed by atoms with Crippen LogP contribution in [0.4, 0.5) is 5.69 Å². The lowest BCUT2D eigenvalue weighted by Gasteiger charge is -2.17. The molecule has 0 radical (unpaired) electrons. The zero-order valence-corrected chi connectivity index (χ0v) is 12.6. The highest BCUT2D eigenvalue weighted by Gasteiger charge is 2.28. The van der Waals surface area contributed by atoms with Gasteiger partial charge in [0.15, 0.2) is 0 Å². The number of ether oxygens (including phenoxy) is 1. The van der Waals surface area contributed by atoms with Gasteiger partial charge in [0, 0.05) is 16.6 Å². The van der Waals surface area contributed by atoms with E-state index in [1.807, 2.05) is 12.1 Å². The van der Waals surface area contributed by atoms with E-state index in [9.17, 15) is 0 Å². The van der Waals surface area contributed by atoms with Crippen molar-refractivity contribution in [2.75, 3.05) is 12.4 Å². The highest BCUT2D eigenvalue weighted by atomic mass is 79.9. The topological polar surface area (TPSA) is 21.3 Å². The van der Waals surface area contributed by atoms with Gasteiger partial charge in [-0.1, -0.05) is 0 Å². The van der Waals surface area contributed by atoms with E-state index in [4.69, 9.17) is 4.74 Å². The Bertz CT molecular complexity index is 391. The van der Waals surface area contributed by atoms with Crippen molar-refractivity contribution >= 4 is 37.5 Å². The molecule has 88 valence electrons. The van der Waals surface area contributed by atoms with Crippen LogP contribution < -0.4 is 10.1 Å². The molecule has 1 aromatic carbocycles. The van der Waals surface area contributed by atoms with Crippen molar-refractivity contribution in [2.24, 2.45) is 5.92 Å². The van der Waals surface area contributed by atoms with Gasteiger partial charge >= 0.3 is 0 Å². The predicted molar refractivity (Wildman–Crippen MR) is 74.2 cm³/mol. The van der Waals surface area contributed by atoms with E-state index in [1.54, 1.807) is 7.11 Å². The second-order valence-corrected chi connectivity index (χ2v) is 5.95. The minimum absolute atomic E-state index is 0.530. The molecule has 0 heterocycles. The van der Waals surface area contributed by atoms with Gasteiger partial charge in [0.2, 0.25) is 0 Å². The molecule has 1 aromatic rings. The van der Waals surface area contributed by atoms with Crippen molar-refractivity contribution < 1.29 is 4.74 Å². The van der Waals surface area contributed by atoms with Gasteiger partial charge in [-0.25, -0.2) is 0 Å². The molecule has 1 N–H and O–H groups in total. The van der Waals surface area contributed by atoms with Crippen molar-refractivity contribution in [3.63, 3.8) is 0 Å². The first-order valence-electron chi connectivity index (χ1n) is 5.41. The van der Waals surface area contributed by atoms with Crippen LogP contribution in [0.15, 0.2) is 21.1 Å². The van der Waals surface area contributed by atoms with E-state index < -0.39 is 0 Å². The summed E-state index contributed by atoms with van der Waals surface area (Å²) in [6.45, 7) is 2.23. The first-order chi connectivity index (χ1) is 7.61. The van der Waals surface area contributed by atoms with Crippen LogP contribution in [-0.4, -0.2) is 13.2 Å². The number of nitrogens with one attached hydrogen (secondary N) is 1. The zero-order chi connectivity index (χ0) is 11.7. The monoisotopic (exact) mass is 347 g/mol. The fraction of sp³-hybridized carbons (Fsp3) is 0.500. The second kappa shape index (κ2) is 4.96. The molecule has 0 spiro atoms. The smallest absolute Gasteiger partial charge is 0.135 e. The first kappa shape index (κ1) is 12.2. The Morgan fingerprint density at radius 2 is 2.00 bits per heavy atom. The molecule has 1 unspecified atom stereocenters. The molecule has 0 amide bonds. The maximum atomic E-state index is 5.29. The van der Waals surface area contributed by atoms with Crippen molar-refractivity contribution in [3.05, 3.63) is 21.1 Å². The summed E-state index contributed by atoms with van der Waals surface area (Å²) >= 11 is 7.03. The number of methoxy groups -OCH3 is 1. The van der Waals surface area contributed by atoms with Crippen molar-refractivity contribution in [1.29, 1.82) is 0 Å².